The maximum absolute atomic E-state index is 13.1. The van der Waals surface area contributed by atoms with Crippen LogP contribution in [0.25, 0.3) is 0 Å². The van der Waals surface area contributed by atoms with Crippen LogP contribution in [0, 0.1) is 0 Å². The number of unbranched alkanes of at least 4 members (excludes halogenated alkanes) is 28. The van der Waals surface area contributed by atoms with Gasteiger partial charge in [-0.05, 0) is 44.9 Å². The average molecular weight is 750 g/mol. The van der Waals surface area contributed by atoms with E-state index in [0.717, 1.165) is 51.4 Å². The number of carbonyl (C=O) groups excluding carboxylic acids is 2. The van der Waals surface area contributed by atoms with E-state index in [1.165, 1.54) is 154 Å². The van der Waals surface area contributed by atoms with Crippen molar-refractivity contribution in [2.45, 2.75) is 270 Å². The Morgan fingerprint density at radius 2 is 0.925 bits per heavy atom. The number of hydrogen-bond donors (Lipinski definition) is 3. The summed E-state index contributed by atoms with van der Waals surface area (Å²) in [7, 11) is 0. The Morgan fingerprint density at radius 3 is 1.38 bits per heavy atom. The van der Waals surface area contributed by atoms with Gasteiger partial charge in [-0.2, -0.15) is 0 Å². The normalized spacial score (nSPS) is 13.4. The van der Waals surface area contributed by atoms with Crippen molar-refractivity contribution in [3.05, 3.63) is 12.2 Å². The quantitative estimate of drug-likeness (QED) is 0.0328. The number of ether oxygens (including phenoxy) is 1. The van der Waals surface area contributed by atoms with Gasteiger partial charge in [0.25, 0.3) is 0 Å². The van der Waals surface area contributed by atoms with Crippen LogP contribution in [0.4, 0.5) is 0 Å². The molecule has 0 rings (SSSR count). The number of allylic oxidation sites excluding steroid dienone is 2. The van der Waals surface area contributed by atoms with E-state index >= 15 is 0 Å². The van der Waals surface area contributed by atoms with Gasteiger partial charge in [0.1, 0.15) is 6.10 Å². The number of carbonyl (C=O) groups is 2. The van der Waals surface area contributed by atoms with Gasteiger partial charge < -0.3 is 20.3 Å². The molecule has 53 heavy (non-hydrogen) atoms. The van der Waals surface area contributed by atoms with Gasteiger partial charge in [-0.1, -0.05) is 206 Å². The number of aliphatic hydroxyl groups is 2. The maximum atomic E-state index is 13.1. The van der Waals surface area contributed by atoms with Gasteiger partial charge in [0.05, 0.1) is 25.2 Å². The number of nitrogens with one attached hydrogen (secondary N) is 1. The van der Waals surface area contributed by atoms with Crippen LogP contribution in [-0.2, 0) is 14.3 Å². The van der Waals surface area contributed by atoms with E-state index in [1.54, 1.807) is 0 Å². The van der Waals surface area contributed by atoms with Crippen LogP contribution in [0.2, 0.25) is 0 Å². The molecule has 0 saturated carbocycles. The van der Waals surface area contributed by atoms with Gasteiger partial charge in [0.2, 0.25) is 5.91 Å². The molecular formula is C47H91NO5. The Bertz CT molecular complexity index is 802. The molecule has 1 amide bonds. The highest BCUT2D eigenvalue weighted by molar-refractivity contribution is 5.77. The molecule has 0 aromatic carbocycles. The molecule has 0 radical (unpaired) electrons. The molecule has 0 aromatic heterocycles. The Labute approximate surface area is 329 Å². The predicted octanol–water partition coefficient (Wildman–Crippen LogP) is 13.4. The molecule has 0 heterocycles. The third kappa shape index (κ3) is 37.3. The molecule has 0 fully saturated rings. The number of hydrogen-bond acceptors (Lipinski definition) is 5. The summed E-state index contributed by atoms with van der Waals surface area (Å²) in [5.41, 5.74) is 0. The smallest absolute Gasteiger partial charge is 0.306 e. The van der Waals surface area contributed by atoms with Crippen LogP contribution in [0.3, 0.4) is 0 Å². The van der Waals surface area contributed by atoms with Gasteiger partial charge in [-0.25, -0.2) is 0 Å². The van der Waals surface area contributed by atoms with Crippen molar-refractivity contribution in [1.82, 2.24) is 5.32 Å². The van der Waals surface area contributed by atoms with Gasteiger partial charge in [0.15, 0.2) is 0 Å². The molecule has 0 saturated heterocycles. The van der Waals surface area contributed by atoms with Crippen molar-refractivity contribution >= 4 is 11.9 Å². The van der Waals surface area contributed by atoms with Crippen molar-refractivity contribution in [3.8, 4) is 0 Å². The number of esters is 1. The molecule has 0 aromatic rings. The zero-order valence-electron chi connectivity index (χ0n) is 35.7. The molecule has 0 aliphatic rings. The van der Waals surface area contributed by atoms with Crippen LogP contribution in [0.1, 0.15) is 252 Å². The molecule has 3 N–H and O–H groups in total. The maximum Gasteiger partial charge on any atom is 0.306 e. The van der Waals surface area contributed by atoms with Crippen molar-refractivity contribution in [2.24, 2.45) is 0 Å². The van der Waals surface area contributed by atoms with E-state index in [4.69, 9.17) is 4.74 Å². The lowest BCUT2D eigenvalue weighted by Gasteiger charge is -2.24. The van der Waals surface area contributed by atoms with Gasteiger partial charge in [-0.15, -0.1) is 0 Å². The third-order valence-corrected chi connectivity index (χ3v) is 10.8. The molecule has 0 spiro atoms. The molecule has 314 valence electrons. The summed E-state index contributed by atoms with van der Waals surface area (Å²) in [5, 5.41) is 23.6. The first-order valence-corrected chi connectivity index (χ1v) is 23.4. The van der Waals surface area contributed by atoms with Crippen molar-refractivity contribution < 1.29 is 24.5 Å². The van der Waals surface area contributed by atoms with Gasteiger partial charge in [-0.3, -0.25) is 9.59 Å². The summed E-state index contributed by atoms with van der Waals surface area (Å²) in [5.74, 6) is -0.494. The Balaban J connectivity index is 4.55. The van der Waals surface area contributed by atoms with E-state index in [9.17, 15) is 19.8 Å². The summed E-state index contributed by atoms with van der Waals surface area (Å²) >= 11 is 0. The fourth-order valence-corrected chi connectivity index (χ4v) is 7.25. The lowest BCUT2D eigenvalue weighted by atomic mass is 10.0. The fourth-order valence-electron chi connectivity index (χ4n) is 7.25. The molecule has 6 heteroatoms. The molecule has 3 atom stereocenters. The zero-order valence-corrected chi connectivity index (χ0v) is 35.7. The molecule has 6 nitrogen and oxygen atoms in total. The van der Waals surface area contributed by atoms with Crippen molar-refractivity contribution in [2.75, 3.05) is 6.61 Å². The van der Waals surface area contributed by atoms with Crippen LogP contribution in [-0.4, -0.2) is 46.9 Å². The van der Waals surface area contributed by atoms with Crippen molar-refractivity contribution in [3.63, 3.8) is 0 Å². The highest BCUT2D eigenvalue weighted by Crippen LogP contribution is 2.17. The number of amides is 1. The molecule has 3 unspecified atom stereocenters. The van der Waals surface area contributed by atoms with Gasteiger partial charge in [0, 0.05) is 6.42 Å². The minimum atomic E-state index is -0.786. The third-order valence-electron chi connectivity index (χ3n) is 10.8. The van der Waals surface area contributed by atoms with E-state index in [-0.39, 0.29) is 24.9 Å². The second-order valence-corrected chi connectivity index (χ2v) is 16.2. The van der Waals surface area contributed by atoms with Gasteiger partial charge >= 0.3 is 5.97 Å². The monoisotopic (exact) mass is 750 g/mol. The largest absolute Gasteiger partial charge is 0.462 e. The van der Waals surface area contributed by atoms with E-state index in [0.29, 0.717) is 19.3 Å². The summed E-state index contributed by atoms with van der Waals surface area (Å²) < 4.78 is 5.88. The first-order chi connectivity index (χ1) is 26.0. The zero-order chi connectivity index (χ0) is 38.9. The average Bonchev–Trinajstić information content (AvgIpc) is 3.15. The Hall–Kier alpha value is -1.40. The second kappa shape index (κ2) is 41.8. The predicted molar refractivity (Wildman–Crippen MR) is 227 cm³/mol. The number of rotatable bonds is 42. The lowest BCUT2D eigenvalue weighted by molar-refractivity contribution is -0.151. The first-order valence-electron chi connectivity index (χ1n) is 23.4. The lowest BCUT2D eigenvalue weighted by Crippen LogP contribution is -2.46. The highest BCUT2D eigenvalue weighted by atomic mass is 16.5. The molecular weight excluding hydrogens is 659 g/mol. The highest BCUT2D eigenvalue weighted by Gasteiger charge is 2.24. The summed E-state index contributed by atoms with van der Waals surface area (Å²) in [4.78, 5) is 25.9. The van der Waals surface area contributed by atoms with E-state index in [1.807, 2.05) is 0 Å². The van der Waals surface area contributed by atoms with Crippen LogP contribution in [0.5, 0.6) is 0 Å². The first kappa shape index (κ1) is 51.6. The second-order valence-electron chi connectivity index (χ2n) is 16.2. The molecule has 0 aliphatic carbocycles. The van der Waals surface area contributed by atoms with Crippen LogP contribution >= 0.6 is 0 Å². The topological polar surface area (TPSA) is 95.9 Å². The minimum Gasteiger partial charge on any atom is -0.462 e. The molecule has 0 bridgehead atoms. The SMILES string of the molecule is CCCCCCCC/C=C\CCCC(CC(=O)NC(CO)C(O)CCCCCCCCCCCCCCC)OC(=O)CCCCCCCCCCCC. The van der Waals surface area contributed by atoms with E-state index < -0.39 is 18.2 Å². The fraction of sp³-hybridized carbons (Fsp3) is 0.915. The summed E-state index contributed by atoms with van der Waals surface area (Å²) in [6.45, 7) is 6.45. The Morgan fingerprint density at radius 1 is 0.528 bits per heavy atom. The standard InChI is InChI=1S/C47H91NO5/c1-4-7-10-13-16-19-22-23-25-27-30-33-36-39-45(50)44(42-49)48-46(51)41-43(38-35-32-29-26-24-20-17-14-11-8-5-2)53-47(52)40-37-34-31-28-21-18-15-12-9-6-3/h26,29,43-45,49-50H,4-25,27-28,30-42H2,1-3H3,(H,48,51)/b29-26-. The molecule has 0 aliphatic heterocycles. The van der Waals surface area contributed by atoms with Crippen LogP contribution in [0.15, 0.2) is 12.2 Å². The number of aliphatic hydroxyl groups excluding tert-OH is 2. The Kier molecular flexibility index (Phi) is 40.7. The van der Waals surface area contributed by atoms with E-state index in [2.05, 4.69) is 38.2 Å². The summed E-state index contributed by atoms with van der Waals surface area (Å²) in [6, 6.07) is -0.701. The summed E-state index contributed by atoms with van der Waals surface area (Å²) in [6.07, 6.45) is 44.1. The van der Waals surface area contributed by atoms with Crippen LogP contribution < -0.4 is 5.32 Å². The van der Waals surface area contributed by atoms with Crippen molar-refractivity contribution in [1.29, 1.82) is 0 Å². The minimum absolute atomic E-state index is 0.0627.